The van der Waals surface area contributed by atoms with Gasteiger partial charge in [-0.2, -0.15) is 0 Å². The largest absolute Gasteiger partial charge is 0.497 e. The molecule has 3 heteroatoms. The highest BCUT2D eigenvalue weighted by molar-refractivity contribution is 6.24. The fourth-order valence-electron chi connectivity index (χ4n) is 3.14. The molecule has 2 atom stereocenters. The maximum absolute atomic E-state index is 7.06. The molecule has 0 aliphatic heterocycles. The van der Waals surface area contributed by atoms with Crippen molar-refractivity contribution in [2.45, 2.75) is 30.6 Å². The summed E-state index contributed by atoms with van der Waals surface area (Å²) in [7, 11) is 5.95. The second kappa shape index (κ2) is 6.15. The van der Waals surface area contributed by atoms with E-state index >= 15 is 0 Å². The van der Waals surface area contributed by atoms with Gasteiger partial charge in [0.1, 0.15) is 5.75 Å². The Bertz CT molecular complexity index is 421. The van der Waals surface area contributed by atoms with Crippen LogP contribution in [0.2, 0.25) is 0 Å². The molecule has 0 heterocycles. The van der Waals surface area contributed by atoms with Crippen molar-refractivity contribution in [3.05, 3.63) is 29.8 Å². The van der Waals surface area contributed by atoms with E-state index in [0.29, 0.717) is 5.92 Å². The molecule has 0 aromatic heterocycles. The van der Waals surface area contributed by atoms with E-state index in [9.17, 15) is 0 Å². The second-order valence-electron chi connectivity index (χ2n) is 5.80. The minimum Gasteiger partial charge on any atom is -0.497 e. The first-order chi connectivity index (χ1) is 9.06. The summed E-state index contributed by atoms with van der Waals surface area (Å²) in [5.41, 5.74) is 1.21. The van der Waals surface area contributed by atoms with Crippen LogP contribution in [0.3, 0.4) is 0 Å². The molecule has 19 heavy (non-hydrogen) atoms. The van der Waals surface area contributed by atoms with Gasteiger partial charge in [0, 0.05) is 6.54 Å². The Morgan fingerprint density at radius 2 is 2.16 bits per heavy atom. The molecule has 2 rings (SSSR count). The zero-order chi connectivity index (χ0) is 13.9. The Kier molecular flexibility index (Phi) is 4.75. The lowest BCUT2D eigenvalue weighted by Crippen LogP contribution is -2.39. The van der Waals surface area contributed by atoms with Gasteiger partial charge < -0.3 is 9.64 Å². The van der Waals surface area contributed by atoms with Crippen molar-refractivity contribution in [3.63, 3.8) is 0 Å². The van der Waals surface area contributed by atoms with Gasteiger partial charge in [-0.1, -0.05) is 25.0 Å². The van der Waals surface area contributed by atoms with Crippen molar-refractivity contribution in [1.29, 1.82) is 0 Å². The average molecular weight is 282 g/mol. The average Bonchev–Trinajstić information content (AvgIpc) is 2.41. The lowest BCUT2D eigenvalue weighted by molar-refractivity contribution is 0.207. The Labute approximate surface area is 121 Å². The number of alkyl halides is 1. The zero-order valence-corrected chi connectivity index (χ0v) is 12.9. The highest BCUT2D eigenvalue weighted by Gasteiger charge is 2.40. The van der Waals surface area contributed by atoms with Crippen molar-refractivity contribution >= 4 is 11.6 Å². The number of halogens is 1. The van der Waals surface area contributed by atoms with Gasteiger partial charge in [-0.15, -0.1) is 11.6 Å². The van der Waals surface area contributed by atoms with Crippen molar-refractivity contribution < 1.29 is 4.74 Å². The van der Waals surface area contributed by atoms with E-state index in [1.807, 2.05) is 12.1 Å². The van der Waals surface area contributed by atoms with Crippen molar-refractivity contribution in [2.24, 2.45) is 5.92 Å². The first-order valence-corrected chi connectivity index (χ1v) is 7.42. The Morgan fingerprint density at radius 3 is 2.84 bits per heavy atom. The number of methoxy groups -OCH3 is 1. The number of hydrogen-bond acceptors (Lipinski definition) is 2. The first-order valence-electron chi connectivity index (χ1n) is 7.04. The van der Waals surface area contributed by atoms with E-state index in [1.165, 1.54) is 24.8 Å². The van der Waals surface area contributed by atoms with E-state index in [1.54, 1.807) is 7.11 Å². The first kappa shape index (κ1) is 14.7. The molecule has 1 aliphatic rings. The van der Waals surface area contributed by atoms with Crippen LogP contribution in [0.25, 0.3) is 0 Å². The number of benzene rings is 1. The van der Waals surface area contributed by atoms with Crippen molar-refractivity contribution in [2.75, 3.05) is 27.7 Å². The molecule has 0 amide bonds. The molecule has 1 aliphatic carbocycles. The van der Waals surface area contributed by atoms with Crippen LogP contribution in [0, 0.1) is 5.92 Å². The van der Waals surface area contributed by atoms with Gasteiger partial charge in [0.15, 0.2) is 0 Å². The summed E-state index contributed by atoms with van der Waals surface area (Å²) in [6, 6.07) is 8.26. The second-order valence-corrected chi connectivity index (χ2v) is 6.47. The molecule has 1 saturated carbocycles. The monoisotopic (exact) mass is 281 g/mol. The number of rotatable bonds is 4. The lowest BCUT2D eigenvalue weighted by atomic mass is 9.74. The summed E-state index contributed by atoms with van der Waals surface area (Å²) in [5.74, 6) is 1.40. The van der Waals surface area contributed by atoms with Crippen LogP contribution in [0.5, 0.6) is 5.75 Å². The Morgan fingerprint density at radius 1 is 1.37 bits per heavy atom. The normalized spacial score (nSPS) is 27.5. The third-order valence-corrected chi connectivity index (χ3v) is 4.84. The summed E-state index contributed by atoms with van der Waals surface area (Å²) in [6.45, 7) is 1.04. The summed E-state index contributed by atoms with van der Waals surface area (Å²) < 4.78 is 5.34. The standard InChI is InChI=1S/C16H24ClNO/c1-18(2)12-14-7-4-5-10-16(14,17)13-8-6-9-15(11-13)19-3/h6,8-9,11,14H,4-5,7,10,12H2,1-3H3/t14-,16+/m1/s1. The predicted octanol–water partition coefficient (Wildman–Crippen LogP) is 3.88. The molecule has 0 spiro atoms. The van der Waals surface area contributed by atoms with Crippen LogP contribution < -0.4 is 4.74 Å². The van der Waals surface area contributed by atoms with Crippen LogP contribution in [0.4, 0.5) is 0 Å². The van der Waals surface area contributed by atoms with Gasteiger partial charge in [-0.05, 0) is 50.6 Å². The van der Waals surface area contributed by atoms with Gasteiger partial charge in [0.2, 0.25) is 0 Å². The summed E-state index contributed by atoms with van der Waals surface area (Å²) in [4.78, 5) is 2.00. The van der Waals surface area contributed by atoms with E-state index in [4.69, 9.17) is 16.3 Å². The molecule has 0 bridgehead atoms. The van der Waals surface area contributed by atoms with Crippen LogP contribution in [-0.4, -0.2) is 32.6 Å². The van der Waals surface area contributed by atoms with Crippen LogP contribution in [0.15, 0.2) is 24.3 Å². The Hall–Kier alpha value is -0.730. The number of nitrogens with zero attached hydrogens (tertiary/aromatic N) is 1. The van der Waals surface area contributed by atoms with E-state index in [2.05, 4.69) is 31.1 Å². The van der Waals surface area contributed by atoms with Crippen LogP contribution >= 0.6 is 11.6 Å². The quantitative estimate of drug-likeness (QED) is 0.777. The maximum atomic E-state index is 7.06. The predicted molar refractivity (Wildman–Crippen MR) is 81.0 cm³/mol. The minimum atomic E-state index is -0.239. The molecule has 106 valence electrons. The highest BCUT2D eigenvalue weighted by atomic mass is 35.5. The molecular weight excluding hydrogens is 258 g/mol. The van der Waals surface area contributed by atoms with Gasteiger partial charge in [0.05, 0.1) is 12.0 Å². The molecule has 1 aromatic carbocycles. The smallest absolute Gasteiger partial charge is 0.119 e. The zero-order valence-electron chi connectivity index (χ0n) is 12.2. The summed E-state index contributed by atoms with van der Waals surface area (Å²) in [6.07, 6.45) is 4.76. The van der Waals surface area contributed by atoms with Crippen LogP contribution in [0.1, 0.15) is 31.2 Å². The molecule has 0 radical (unpaired) electrons. The fraction of sp³-hybridized carbons (Fsp3) is 0.625. The summed E-state index contributed by atoms with van der Waals surface area (Å²) in [5, 5.41) is 0. The van der Waals surface area contributed by atoms with Crippen molar-refractivity contribution in [1.82, 2.24) is 4.90 Å². The van der Waals surface area contributed by atoms with Gasteiger partial charge in [-0.3, -0.25) is 0 Å². The van der Waals surface area contributed by atoms with Crippen LogP contribution in [-0.2, 0) is 4.87 Å². The van der Waals surface area contributed by atoms with Gasteiger partial charge >= 0.3 is 0 Å². The highest BCUT2D eigenvalue weighted by Crippen LogP contribution is 2.47. The van der Waals surface area contributed by atoms with Gasteiger partial charge in [0.25, 0.3) is 0 Å². The maximum Gasteiger partial charge on any atom is 0.119 e. The topological polar surface area (TPSA) is 12.5 Å². The third-order valence-electron chi connectivity index (χ3n) is 4.13. The van der Waals surface area contributed by atoms with Gasteiger partial charge in [-0.25, -0.2) is 0 Å². The molecule has 2 nitrogen and oxygen atoms in total. The molecule has 0 N–H and O–H groups in total. The van der Waals surface area contributed by atoms with Crippen molar-refractivity contribution in [3.8, 4) is 5.75 Å². The van der Waals surface area contributed by atoms with E-state index < -0.39 is 0 Å². The number of ether oxygens (including phenoxy) is 1. The minimum absolute atomic E-state index is 0.239. The molecule has 1 fully saturated rings. The Balaban J connectivity index is 2.30. The van der Waals surface area contributed by atoms with E-state index in [-0.39, 0.29) is 4.87 Å². The summed E-state index contributed by atoms with van der Waals surface area (Å²) >= 11 is 7.06. The SMILES string of the molecule is COc1cccc([C@@]2(Cl)CCCC[C@@H]2CN(C)C)c1. The number of hydrogen-bond donors (Lipinski definition) is 0. The molecule has 1 aromatic rings. The lowest BCUT2D eigenvalue weighted by Gasteiger charge is -2.41. The third kappa shape index (κ3) is 3.24. The fourth-order valence-corrected chi connectivity index (χ4v) is 3.57. The molecular formula is C16H24ClNO. The molecule has 0 unspecified atom stereocenters. The van der Waals surface area contributed by atoms with E-state index in [0.717, 1.165) is 18.7 Å². The molecule has 0 saturated heterocycles.